The summed E-state index contributed by atoms with van der Waals surface area (Å²) in [7, 11) is 0. The maximum absolute atomic E-state index is 11.3. The first-order chi connectivity index (χ1) is 6.56. The molecule has 1 nitrogen and oxygen atoms in total. The van der Waals surface area contributed by atoms with Gasteiger partial charge in [0.25, 0.3) is 0 Å². The number of allylic oxidation sites excluding steroid dienone is 1. The summed E-state index contributed by atoms with van der Waals surface area (Å²) in [5.41, 5.74) is 1.09. The lowest BCUT2D eigenvalue weighted by Crippen LogP contribution is -2.20. The Kier molecular flexibility index (Phi) is 3.23. The van der Waals surface area contributed by atoms with Gasteiger partial charge in [-0.05, 0) is 17.1 Å². The summed E-state index contributed by atoms with van der Waals surface area (Å²) >= 11 is 0. The highest BCUT2D eigenvalue weighted by molar-refractivity contribution is 5.90. The van der Waals surface area contributed by atoms with E-state index < -0.39 is 0 Å². The fourth-order valence-corrected chi connectivity index (χ4v) is 1.50. The van der Waals surface area contributed by atoms with E-state index in [1.54, 1.807) is 0 Å². The van der Waals surface area contributed by atoms with E-state index in [1.807, 2.05) is 18.2 Å². The molecule has 0 N–H and O–H groups in total. The Labute approximate surface area is 85.5 Å². The quantitative estimate of drug-likeness (QED) is 0.663. The highest BCUT2D eigenvalue weighted by atomic mass is 16.1. The van der Waals surface area contributed by atoms with Crippen molar-refractivity contribution in [3.8, 4) is 0 Å². The molecule has 0 saturated heterocycles. The van der Waals surface area contributed by atoms with Gasteiger partial charge < -0.3 is 0 Å². The molecule has 0 spiro atoms. The Morgan fingerprint density at radius 2 is 1.93 bits per heavy atom. The van der Waals surface area contributed by atoms with Crippen LogP contribution in [0.25, 0.3) is 0 Å². The van der Waals surface area contributed by atoms with E-state index in [4.69, 9.17) is 0 Å². The highest BCUT2D eigenvalue weighted by Crippen LogP contribution is 2.26. The zero-order chi connectivity index (χ0) is 10.6. The van der Waals surface area contributed by atoms with Gasteiger partial charge in [0.2, 0.25) is 0 Å². The predicted molar refractivity (Wildman–Crippen MR) is 59.3 cm³/mol. The third-order valence-electron chi connectivity index (χ3n) is 2.40. The predicted octanol–water partition coefficient (Wildman–Crippen LogP) is 3.11. The summed E-state index contributed by atoms with van der Waals surface area (Å²) < 4.78 is 0. The van der Waals surface area contributed by atoms with E-state index in [-0.39, 0.29) is 11.2 Å². The van der Waals surface area contributed by atoms with Crippen LogP contribution in [-0.4, -0.2) is 5.78 Å². The molecule has 0 bridgehead atoms. The molecule has 1 aromatic carbocycles. The lowest BCUT2D eigenvalue weighted by Gasteiger charge is -2.23. The monoisotopic (exact) mass is 188 g/mol. The van der Waals surface area contributed by atoms with Crippen LogP contribution in [0.15, 0.2) is 43.0 Å². The van der Waals surface area contributed by atoms with Crippen LogP contribution < -0.4 is 0 Å². The first-order valence-electron chi connectivity index (χ1n) is 4.77. The second kappa shape index (κ2) is 4.23. The molecule has 0 saturated carbocycles. The van der Waals surface area contributed by atoms with Gasteiger partial charge in [0.15, 0.2) is 5.78 Å². The molecule has 0 aliphatic rings. The molecule has 1 rings (SSSR count). The van der Waals surface area contributed by atoms with Gasteiger partial charge in [-0.25, -0.2) is 0 Å². The third kappa shape index (κ3) is 2.56. The molecule has 0 aliphatic carbocycles. The van der Waals surface area contributed by atoms with Crippen LogP contribution in [0.3, 0.4) is 0 Å². The molecule has 0 aromatic heterocycles. The Hall–Kier alpha value is -1.37. The van der Waals surface area contributed by atoms with Crippen molar-refractivity contribution in [3.05, 3.63) is 48.6 Å². The molecular weight excluding hydrogens is 172 g/mol. The maximum atomic E-state index is 11.3. The zero-order valence-corrected chi connectivity index (χ0v) is 8.79. The number of ketones is 1. The van der Waals surface area contributed by atoms with E-state index in [0.717, 1.165) is 0 Å². The highest BCUT2D eigenvalue weighted by Gasteiger charge is 2.22. The van der Waals surface area contributed by atoms with Gasteiger partial charge in [-0.2, -0.15) is 0 Å². The normalized spacial score (nSPS) is 11.0. The summed E-state index contributed by atoms with van der Waals surface area (Å²) in [4.78, 5) is 11.3. The lowest BCUT2D eigenvalue weighted by atomic mass is 9.80. The number of rotatable bonds is 4. The third-order valence-corrected chi connectivity index (χ3v) is 2.40. The zero-order valence-electron chi connectivity index (χ0n) is 8.79. The molecule has 0 heterocycles. The van der Waals surface area contributed by atoms with Crippen molar-refractivity contribution in [2.45, 2.75) is 25.7 Å². The molecule has 0 atom stereocenters. The smallest absolute Gasteiger partial charge is 0.155 e. The molecule has 0 radical (unpaired) electrons. The molecule has 74 valence electrons. The van der Waals surface area contributed by atoms with Crippen molar-refractivity contribution in [2.24, 2.45) is 0 Å². The summed E-state index contributed by atoms with van der Waals surface area (Å²) in [6.07, 6.45) is 1.91. The minimum Gasteiger partial charge on any atom is -0.295 e. The fourth-order valence-electron chi connectivity index (χ4n) is 1.50. The Bertz CT molecular complexity index is 322. The Morgan fingerprint density at radius 1 is 1.36 bits per heavy atom. The second-order valence-electron chi connectivity index (χ2n) is 4.10. The molecule has 0 fully saturated rings. The van der Waals surface area contributed by atoms with Gasteiger partial charge in [-0.3, -0.25) is 4.79 Å². The SMILES string of the molecule is C=CC(=O)CC(C)(C)c1ccccc1. The van der Waals surface area contributed by atoms with Crippen molar-refractivity contribution < 1.29 is 4.79 Å². The molecular formula is C13H16O. The van der Waals surface area contributed by atoms with E-state index in [2.05, 4.69) is 32.6 Å². The molecule has 14 heavy (non-hydrogen) atoms. The van der Waals surface area contributed by atoms with E-state index in [0.29, 0.717) is 6.42 Å². The average Bonchev–Trinajstić information content (AvgIpc) is 2.18. The summed E-state index contributed by atoms with van der Waals surface area (Å²) in [6, 6.07) is 10.1. The standard InChI is InChI=1S/C13H16O/c1-4-12(14)10-13(2,3)11-8-6-5-7-9-11/h4-9H,1,10H2,2-3H3. The van der Waals surface area contributed by atoms with Crippen LogP contribution in [0.1, 0.15) is 25.8 Å². The van der Waals surface area contributed by atoms with Crippen molar-refractivity contribution in [2.75, 3.05) is 0 Å². The molecule has 0 aliphatic heterocycles. The van der Waals surface area contributed by atoms with E-state index in [9.17, 15) is 4.79 Å². The Morgan fingerprint density at radius 3 is 2.43 bits per heavy atom. The number of carbonyl (C=O) groups excluding carboxylic acids is 1. The van der Waals surface area contributed by atoms with Crippen LogP contribution in [0.4, 0.5) is 0 Å². The molecule has 0 amide bonds. The van der Waals surface area contributed by atoms with E-state index in [1.165, 1.54) is 11.6 Å². The number of hydrogen-bond donors (Lipinski definition) is 0. The minimum atomic E-state index is -0.105. The fraction of sp³-hybridized carbons (Fsp3) is 0.308. The van der Waals surface area contributed by atoms with Crippen molar-refractivity contribution in [3.63, 3.8) is 0 Å². The summed E-state index contributed by atoms with van der Waals surface area (Å²) in [5.74, 6) is 0.0962. The van der Waals surface area contributed by atoms with Crippen molar-refractivity contribution in [1.29, 1.82) is 0 Å². The van der Waals surface area contributed by atoms with Gasteiger partial charge >= 0.3 is 0 Å². The number of hydrogen-bond acceptors (Lipinski definition) is 1. The molecule has 1 heteroatoms. The maximum Gasteiger partial charge on any atom is 0.155 e. The minimum absolute atomic E-state index is 0.0962. The van der Waals surface area contributed by atoms with Crippen LogP contribution in [-0.2, 0) is 10.2 Å². The van der Waals surface area contributed by atoms with Crippen LogP contribution in [0, 0.1) is 0 Å². The average molecular weight is 188 g/mol. The van der Waals surface area contributed by atoms with Gasteiger partial charge in [0, 0.05) is 6.42 Å². The van der Waals surface area contributed by atoms with Crippen molar-refractivity contribution in [1.82, 2.24) is 0 Å². The number of carbonyl (C=O) groups is 1. The molecule has 0 unspecified atom stereocenters. The van der Waals surface area contributed by atoms with Gasteiger partial charge in [-0.15, -0.1) is 0 Å². The summed E-state index contributed by atoms with van der Waals surface area (Å²) in [5, 5.41) is 0. The van der Waals surface area contributed by atoms with Crippen LogP contribution in [0.2, 0.25) is 0 Å². The largest absolute Gasteiger partial charge is 0.295 e. The van der Waals surface area contributed by atoms with Gasteiger partial charge in [0.05, 0.1) is 0 Å². The number of benzene rings is 1. The first-order valence-corrected chi connectivity index (χ1v) is 4.77. The van der Waals surface area contributed by atoms with Crippen molar-refractivity contribution >= 4 is 5.78 Å². The van der Waals surface area contributed by atoms with Crippen LogP contribution >= 0.6 is 0 Å². The molecule has 1 aromatic rings. The van der Waals surface area contributed by atoms with E-state index >= 15 is 0 Å². The lowest BCUT2D eigenvalue weighted by molar-refractivity contribution is -0.115. The topological polar surface area (TPSA) is 17.1 Å². The Balaban J connectivity index is 2.85. The van der Waals surface area contributed by atoms with Gasteiger partial charge in [0.1, 0.15) is 0 Å². The first kappa shape index (κ1) is 10.7. The van der Waals surface area contributed by atoms with Gasteiger partial charge in [-0.1, -0.05) is 50.8 Å². The van der Waals surface area contributed by atoms with Crippen LogP contribution in [0.5, 0.6) is 0 Å². The second-order valence-corrected chi connectivity index (χ2v) is 4.10. The summed E-state index contributed by atoms with van der Waals surface area (Å²) in [6.45, 7) is 7.64.